The SMILES string of the molecule is CCN1C(=O)c2c(NC(=O)c3ccccc3)ccc(-c3ccccc3)c2C1=O. The number of fused-ring (bicyclic) bond motifs is 1. The number of benzene rings is 3. The second-order valence-electron chi connectivity index (χ2n) is 6.45. The number of imide groups is 1. The van der Waals surface area contributed by atoms with E-state index in [1.54, 1.807) is 43.3 Å². The van der Waals surface area contributed by atoms with Crippen molar-refractivity contribution in [2.45, 2.75) is 6.92 Å². The Labute approximate surface area is 162 Å². The van der Waals surface area contributed by atoms with E-state index in [1.807, 2.05) is 36.4 Å². The van der Waals surface area contributed by atoms with Gasteiger partial charge in [-0.05, 0) is 36.2 Å². The molecule has 1 N–H and O–H groups in total. The van der Waals surface area contributed by atoms with Crippen LogP contribution in [0.25, 0.3) is 11.1 Å². The van der Waals surface area contributed by atoms with Gasteiger partial charge in [0, 0.05) is 12.1 Å². The Morgan fingerprint density at radius 2 is 1.43 bits per heavy atom. The van der Waals surface area contributed by atoms with Gasteiger partial charge in [0.1, 0.15) is 0 Å². The molecule has 3 amide bonds. The van der Waals surface area contributed by atoms with Crippen LogP contribution >= 0.6 is 0 Å². The van der Waals surface area contributed by atoms with Crippen molar-refractivity contribution in [3.8, 4) is 11.1 Å². The molecule has 4 rings (SSSR count). The van der Waals surface area contributed by atoms with Crippen LogP contribution in [-0.4, -0.2) is 29.2 Å². The summed E-state index contributed by atoms with van der Waals surface area (Å²) in [5.41, 5.74) is 2.94. The van der Waals surface area contributed by atoms with E-state index in [0.29, 0.717) is 22.4 Å². The highest BCUT2D eigenvalue weighted by molar-refractivity contribution is 6.27. The molecule has 3 aromatic carbocycles. The summed E-state index contributed by atoms with van der Waals surface area (Å²) >= 11 is 0. The summed E-state index contributed by atoms with van der Waals surface area (Å²) < 4.78 is 0. The average Bonchev–Trinajstić information content (AvgIpc) is 3.00. The Morgan fingerprint density at radius 1 is 0.821 bits per heavy atom. The molecule has 0 aliphatic carbocycles. The van der Waals surface area contributed by atoms with Crippen molar-refractivity contribution in [2.24, 2.45) is 0 Å². The van der Waals surface area contributed by atoms with Crippen molar-refractivity contribution in [1.82, 2.24) is 4.90 Å². The smallest absolute Gasteiger partial charge is 0.263 e. The maximum atomic E-state index is 12.9. The van der Waals surface area contributed by atoms with Crippen molar-refractivity contribution >= 4 is 23.4 Å². The van der Waals surface area contributed by atoms with Gasteiger partial charge in [-0.25, -0.2) is 0 Å². The lowest BCUT2D eigenvalue weighted by Crippen LogP contribution is -2.29. The summed E-state index contributed by atoms with van der Waals surface area (Å²) in [7, 11) is 0. The normalized spacial score (nSPS) is 12.8. The van der Waals surface area contributed by atoms with Gasteiger partial charge in [-0.15, -0.1) is 0 Å². The van der Waals surface area contributed by atoms with E-state index in [1.165, 1.54) is 4.90 Å². The van der Waals surface area contributed by atoms with Gasteiger partial charge in [0.15, 0.2) is 0 Å². The number of carbonyl (C=O) groups excluding carboxylic acids is 3. The molecule has 0 atom stereocenters. The first-order valence-corrected chi connectivity index (χ1v) is 9.06. The van der Waals surface area contributed by atoms with Gasteiger partial charge in [-0.1, -0.05) is 54.6 Å². The summed E-state index contributed by atoms with van der Waals surface area (Å²) in [5, 5.41) is 2.79. The van der Waals surface area contributed by atoms with E-state index < -0.39 is 0 Å². The Balaban J connectivity index is 1.83. The minimum atomic E-state index is -0.386. The number of anilines is 1. The summed E-state index contributed by atoms with van der Waals surface area (Å²) in [6.45, 7) is 2.03. The van der Waals surface area contributed by atoms with Crippen LogP contribution in [0.5, 0.6) is 0 Å². The van der Waals surface area contributed by atoms with E-state index in [-0.39, 0.29) is 29.8 Å². The summed E-state index contributed by atoms with van der Waals surface area (Å²) in [6.07, 6.45) is 0. The fourth-order valence-electron chi connectivity index (χ4n) is 3.44. The number of nitrogens with zero attached hydrogens (tertiary/aromatic N) is 1. The molecule has 138 valence electrons. The van der Waals surface area contributed by atoms with Crippen LogP contribution in [0.1, 0.15) is 38.0 Å². The Bertz CT molecular complexity index is 1080. The van der Waals surface area contributed by atoms with Crippen LogP contribution in [0.2, 0.25) is 0 Å². The molecule has 0 unspecified atom stereocenters. The van der Waals surface area contributed by atoms with E-state index in [0.717, 1.165) is 5.56 Å². The van der Waals surface area contributed by atoms with Crippen LogP contribution in [0.3, 0.4) is 0 Å². The largest absolute Gasteiger partial charge is 0.321 e. The second kappa shape index (κ2) is 7.12. The van der Waals surface area contributed by atoms with Crippen LogP contribution in [0.15, 0.2) is 72.8 Å². The van der Waals surface area contributed by atoms with Gasteiger partial charge in [0.2, 0.25) is 0 Å². The van der Waals surface area contributed by atoms with Crippen molar-refractivity contribution in [2.75, 3.05) is 11.9 Å². The van der Waals surface area contributed by atoms with Crippen molar-refractivity contribution in [3.63, 3.8) is 0 Å². The number of carbonyl (C=O) groups is 3. The highest BCUT2D eigenvalue weighted by Crippen LogP contribution is 2.37. The van der Waals surface area contributed by atoms with E-state index in [4.69, 9.17) is 0 Å². The molecule has 0 spiro atoms. The minimum Gasteiger partial charge on any atom is -0.321 e. The lowest BCUT2D eigenvalue weighted by atomic mass is 9.95. The first-order chi connectivity index (χ1) is 13.6. The van der Waals surface area contributed by atoms with Gasteiger partial charge < -0.3 is 5.32 Å². The molecule has 1 aliphatic rings. The topological polar surface area (TPSA) is 66.5 Å². The molecule has 1 heterocycles. The van der Waals surface area contributed by atoms with Gasteiger partial charge in [-0.3, -0.25) is 19.3 Å². The molecular formula is C23H18N2O3. The highest BCUT2D eigenvalue weighted by Gasteiger charge is 2.39. The molecular weight excluding hydrogens is 352 g/mol. The van der Waals surface area contributed by atoms with E-state index in [2.05, 4.69) is 5.32 Å². The lowest BCUT2D eigenvalue weighted by Gasteiger charge is -2.12. The fourth-order valence-corrected chi connectivity index (χ4v) is 3.44. The van der Waals surface area contributed by atoms with Crippen LogP contribution in [-0.2, 0) is 0 Å². The molecule has 28 heavy (non-hydrogen) atoms. The molecule has 0 fully saturated rings. The predicted octanol–water partition coefficient (Wildman–Crippen LogP) is 4.22. The van der Waals surface area contributed by atoms with Crippen molar-refractivity contribution in [3.05, 3.63) is 89.5 Å². The van der Waals surface area contributed by atoms with Gasteiger partial charge in [0.25, 0.3) is 17.7 Å². The van der Waals surface area contributed by atoms with Crippen LogP contribution in [0.4, 0.5) is 5.69 Å². The molecule has 5 nitrogen and oxygen atoms in total. The van der Waals surface area contributed by atoms with Gasteiger partial charge in [-0.2, -0.15) is 0 Å². The number of rotatable bonds is 4. The zero-order valence-corrected chi connectivity index (χ0v) is 15.3. The highest BCUT2D eigenvalue weighted by atomic mass is 16.2. The maximum Gasteiger partial charge on any atom is 0.263 e. The average molecular weight is 370 g/mol. The molecule has 0 radical (unpaired) electrons. The van der Waals surface area contributed by atoms with Gasteiger partial charge >= 0.3 is 0 Å². The zero-order chi connectivity index (χ0) is 19.7. The number of nitrogens with one attached hydrogen (secondary N) is 1. The molecule has 0 aromatic heterocycles. The Morgan fingerprint density at radius 3 is 2.07 bits per heavy atom. The summed E-state index contributed by atoms with van der Waals surface area (Å²) in [4.78, 5) is 39.6. The minimum absolute atomic E-state index is 0.248. The maximum absolute atomic E-state index is 12.9. The van der Waals surface area contributed by atoms with Crippen LogP contribution in [0, 0.1) is 0 Å². The third-order valence-corrected chi connectivity index (χ3v) is 4.81. The second-order valence-corrected chi connectivity index (χ2v) is 6.45. The Hall–Kier alpha value is -3.73. The van der Waals surface area contributed by atoms with E-state index in [9.17, 15) is 14.4 Å². The van der Waals surface area contributed by atoms with Crippen LogP contribution < -0.4 is 5.32 Å². The van der Waals surface area contributed by atoms with Crippen molar-refractivity contribution < 1.29 is 14.4 Å². The Kier molecular flexibility index (Phi) is 4.49. The van der Waals surface area contributed by atoms with Crippen molar-refractivity contribution in [1.29, 1.82) is 0 Å². The third-order valence-electron chi connectivity index (χ3n) is 4.81. The monoisotopic (exact) mass is 370 g/mol. The van der Waals surface area contributed by atoms with E-state index >= 15 is 0 Å². The third kappa shape index (κ3) is 2.87. The number of amides is 3. The number of hydrogen-bond donors (Lipinski definition) is 1. The summed E-state index contributed by atoms with van der Waals surface area (Å²) in [6, 6.07) is 21.7. The molecule has 0 saturated heterocycles. The van der Waals surface area contributed by atoms with Gasteiger partial charge in [0.05, 0.1) is 16.8 Å². The quantitative estimate of drug-likeness (QED) is 0.699. The number of hydrogen-bond acceptors (Lipinski definition) is 3. The standard InChI is InChI=1S/C23H18N2O3/c1-2-25-22(27)19-17(15-9-5-3-6-10-15)13-14-18(20(19)23(25)28)24-21(26)16-11-7-4-8-12-16/h3-14H,2H2,1H3,(H,24,26). The first kappa shape index (κ1) is 17.7. The molecule has 3 aromatic rings. The summed E-state index contributed by atoms with van der Waals surface area (Å²) in [5.74, 6) is -1.05. The predicted molar refractivity (Wildman–Crippen MR) is 107 cm³/mol. The molecule has 0 bridgehead atoms. The fraction of sp³-hybridized carbons (Fsp3) is 0.0870. The first-order valence-electron chi connectivity index (χ1n) is 9.06. The molecule has 5 heteroatoms. The molecule has 0 saturated carbocycles. The zero-order valence-electron chi connectivity index (χ0n) is 15.3. The molecule has 1 aliphatic heterocycles. The lowest BCUT2D eigenvalue weighted by molar-refractivity contribution is 0.0663.